The maximum absolute atomic E-state index is 2.75. The van der Waals surface area contributed by atoms with Crippen LogP contribution in [0.25, 0.3) is 6.08 Å². The fourth-order valence-electron chi connectivity index (χ4n) is 4.50. The molecule has 0 amide bonds. The number of hydrogen-bond acceptors (Lipinski definition) is 3. The minimum absolute atomic E-state index is 0.786. The van der Waals surface area contributed by atoms with Gasteiger partial charge in [-0.2, -0.15) is 0 Å². The van der Waals surface area contributed by atoms with E-state index in [1.165, 1.54) is 63.2 Å². The molecule has 4 rings (SSSR count). The van der Waals surface area contributed by atoms with Crippen LogP contribution in [0.4, 0.5) is 0 Å². The first-order chi connectivity index (χ1) is 13.9. The van der Waals surface area contributed by atoms with E-state index < -0.39 is 0 Å². The molecule has 0 atom stereocenters. The molecule has 3 nitrogen and oxygen atoms in total. The number of rotatable bonds is 6. The summed E-state index contributed by atoms with van der Waals surface area (Å²) in [7, 11) is 0. The van der Waals surface area contributed by atoms with E-state index in [0.29, 0.717) is 0 Å². The van der Waals surface area contributed by atoms with Gasteiger partial charge < -0.3 is 0 Å². The Balaban J connectivity index is 1.16. The maximum atomic E-state index is 2.75. The molecule has 2 fully saturated rings. The molecule has 2 heterocycles. The van der Waals surface area contributed by atoms with Crippen LogP contribution in [0.3, 0.4) is 0 Å². The maximum Gasteiger partial charge on any atom is 0.0233 e. The third kappa shape index (κ3) is 5.54. The summed E-state index contributed by atoms with van der Waals surface area (Å²) in [6, 6.07) is 22.3. The van der Waals surface area contributed by atoms with E-state index in [1.807, 2.05) is 0 Å². The molecular weight excluding hydrogens is 342 g/mol. The van der Waals surface area contributed by atoms with Gasteiger partial charge >= 0.3 is 0 Å². The molecule has 0 radical (unpaired) electrons. The van der Waals surface area contributed by atoms with Crippen LogP contribution in [0.1, 0.15) is 24.0 Å². The van der Waals surface area contributed by atoms with E-state index >= 15 is 0 Å². The van der Waals surface area contributed by atoms with E-state index in [9.17, 15) is 0 Å². The van der Waals surface area contributed by atoms with E-state index in [1.54, 1.807) is 0 Å². The van der Waals surface area contributed by atoms with Gasteiger partial charge in [0.2, 0.25) is 0 Å². The number of piperazine rings is 1. The van der Waals surface area contributed by atoms with Crippen LogP contribution < -0.4 is 0 Å². The quantitative estimate of drug-likeness (QED) is 0.756. The van der Waals surface area contributed by atoms with Gasteiger partial charge in [-0.3, -0.25) is 14.7 Å². The second-order valence-electron chi connectivity index (χ2n) is 8.14. The van der Waals surface area contributed by atoms with Gasteiger partial charge in [0.15, 0.2) is 0 Å². The second kappa shape index (κ2) is 10.0. The molecule has 2 aromatic carbocycles. The van der Waals surface area contributed by atoms with Crippen molar-refractivity contribution in [2.75, 3.05) is 45.8 Å². The lowest BCUT2D eigenvalue weighted by molar-refractivity contribution is 0.0614. The average Bonchev–Trinajstić information content (AvgIpc) is 2.76. The minimum atomic E-state index is 0.786. The highest BCUT2D eigenvalue weighted by molar-refractivity contribution is 5.48. The highest BCUT2D eigenvalue weighted by atomic mass is 15.3. The Kier molecular flexibility index (Phi) is 6.93. The Morgan fingerprint density at radius 1 is 0.714 bits per heavy atom. The van der Waals surface area contributed by atoms with Crippen molar-refractivity contribution >= 4 is 6.08 Å². The van der Waals surface area contributed by atoms with Gasteiger partial charge in [0, 0.05) is 45.3 Å². The van der Waals surface area contributed by atoms with E-state index in [0.717, 1.165) is 19.1 Å². The third-order valence-corrected chi connectivity index (χ3v) is 6.20. The lowest BCUT2D eigenvalue weighted by atomic mass is 10.0. The van der Waals surface area contributed by atoms with Gasteiger partial charge in [0.25, 0.3) is 0 Å². The second-order valence-corrected chi connectivity index (χ2v) is 8.14. The first kappa shape index (κ1) is 19.4. The largest absolute Gasteiger partial charge is 0.299 e. The minimum Gasteiger partial charge on any atom is -0.299 e. The van der Waals surface area contributed by atoms with E-state index in [2.05, 4.69) is 87.5 Å². The molecular formula is C25H33N3. The van der Waals surface area contributed by atoms with Gasteiger partial charge in [0.05, 0.1) is 0 Å². The van der Waals surface area contributed by atoms with Gasteiger partial charge in [-0.25, -0.2) is 0 Å². The predicted molar refractivity (Wildman–Crippen MR) is 118 cm³/mol. The first-order valence-corrected chi connectivity index (χ1v) is 10.8. The molecule has 2 aromatic rings. The fraction of sp³-hybridized carbons (Fsp3) is 0.440. The van der Waals surface area contributed by atoms with Crippen molar-refractivity contribution in [3.05, 3.63) is 77.9 Å². The number of nitrogens with zero attached hydrogens (tertiary/aromatic N) is 3. The molecule has 0 aromatic heterocycles. The molecule has 28 heavy (non-hydrogen) atoms. The van der Waals surface area contributed by atoms with Crippen molar-refractivity contribution in [3.8, 4) is 0 Å². The molecule has 2 aliphatic heterocycles. The Morgan fingerprint density at radius 2 is 1.36 bits per heavy atom. The summed E-state index contributed by atoms with van der Waals surface area (Å²) in [5.41, 5.74) is 2.74. The van der Waals surface area contributed by atoms with Crippen LogP contribution in [-0.4, -0.2) is 66.6 Å². The summed E-state index contributed by atoms with van der Waals surface area (Å²) in [6.45, 7) is 9.49. The highest BCUT2D eigenvalue weighted by Gasteiger charge is 2.27. The van der Waals surface area contributed by atoms with Crippen LogP contribution in [0.15, 0.2) is 66.7 Å². The molecule has 2 aliphatic rings. The third-order valence-electron chi connectivity index (χ3n) is 6.20. The zero-order valence-electron chi connectivity index (χ0n) is 16.9. The number of likely N-dealkylation sites (tertiary alicyclic amines) is 1. The topological polar surface area (TPSA) is 9.72 Å². The van der Waals surface area contributed by atoms with Crippen molar-refractivity contribution in [2.24, 2.45) is 0 Å². The Labute approximate surface area is 170 Å². The van der Waals surface area contributed by atoms with Crippen molar-refractivity contribution in [1.29, 1.82) is 0 Å². The number of hydrogen-bond donors (Lipinski definition) is 0. The fourth-order valence-corrected chi connectivity index (χ4v) is 4.50. The SMILES string of the molecule is C(=C\c1ccccc1)/CN1CCN(C2CCN(Cc3ccccc3)CC2)CC1. The normalized spacial score (nSPS) is 20.7. The molecule has 0 unspecified atom stereocenters. The van der Waals surface area contributed by atoms with Crippen LogP contribution >= 0.6 is 0 Å². The molecule has 0 spiro atoms. The summed E-state index contributed by atoms with van der Waals surface area (Å²) >= 11 is 0. The lowest BCUT2D eigenvalue weighted by Crippen LogP contribution is -2.53. The Hall–Kier alpha value is -1.94. The van der Waals surface area contributed by atoms with Crippen molar-refractivity contribution in [2.45, 2.75) is 25.4 Å². The first-order valence-electron chi connectivity index (χ1n) is 10.8. The Morgan fingerprint density at radius 3 is 2.04 bits per heavy atom. The molecule has 0 saturated carbocycles. The predicted octanol–water partition coefficient (Wildman–Crippen LogP) is 3.98. The van der Waals surface area contributed by atoms with Gasteiger partial charge in [-0.15, -0.1) is 0 Å². The van der Waals surface area contributed by atoms with Crippen LogP contribution in [0, 0.1) is 0 Å². The standard InChI is InChI=1S/C25H33N3/c1-3-8-23(9-4-1)12-7-15-26-18-20-28(21-19-26)25-13-16-27(17-14-25)22-24-10-5-2-6-11-24/h1-12,25H,13-22H2/b12-7+. The summed E-state index contributed by atoms with van der Waals surface area (Å²) in [5, 5.41) is 0. The number of benzene rings is 2. The average molecular weight is 376 g/mol. The van der Waals surface area contributed by atoms with Crippen molar-refractivity contribution in [3.63, 3.8) is 0 Å². The van der Waals surface area contributed by atoms with Crippen LogP contribution in [-0.2, 0) is 6.54 Å². The zero-order valence-corrected chi connectivity index (χ0v) is 16.9. The van der Waals surface area contributed by atoms with Crippen LogP contribution in [0.2, 0.25) is 0 Å². The molecule has 3 heteroatoms. The summed E-state index contributed by atoms with van der Waals surface area (Å²) in [4.78, 5) is 7.95. The summed E-state index contributed by atoms with van der Waals surface area (Å²) in [5.74, 6) is 0. The summed E-state index contributed by atoms with van der Waals surface area (Å²) in [6.07, 6.45) is 7.20. The smallest absolute Gasteiger partial charge is 0.0233 e. The van der Waals surface area contributed by atoms with Crippen molar-refractivity contribution < 1.29 is 0 Å². The Bertz CT molecular complexity index is 712. The lowest BCUT2D eigenvalue weighted by Gasteiger charge is -2.42. The molecule has 0 N–H and O–H groups in total. The van der Waals surface area contributed by atoms with E-state index in [4.69, 9.17) is 0 Å². The van der Waals surface area contributed by atoms with Gasteiger partial charge in [-0.1, -0.05) is 72.8 Å². The van der Waals surface area contributed by atoms with Gasteiger partial charge in [0.1, 0.15) is 0 Å². The van der Waals surface area contributed by atoms with Gasteiger partial charge in [-0.05, 0) is 37.1 Å². The highest BCUT2D eigenvalue weighted by Crippen LogP contribution is 2.20. The monoisotopic (exact) mass is 375 g/mol. The zero-order chi connectivity index (χ0) is 19.0. The van der Waals surface area contributed by atoms with Crippen LogP contribution in [0.5, 0.6) is 0 Å². The summed E-state index contributed by atoms with van der Waals surface area (Å²) < 4.78 is 0. The van der Waals surface area contributed by atoms with Crippen molar-refractivity contribution in [1.82, 2.24) is 14.7 Å². The molecule has 148 valence electrons. The molecule has 0 bridgehead atoms. The number of piperidine rings is 1. The van der Waals surface area contributed by atoms with E-state index in [-0.39, 0.29) is 0 Å². The molecule has 0 aliphatic carbocycles. The molecule has 2 saturated heterocycles.